The molecule has 5 nitrogen and oxygen atoms in total. The lowest BCUT2D eigenvalue weighted by atomic mass is 10.2. The summed E-state index contributed by atoms with van der Waals surface area (Å²) in [7, 11) is 0. The van der Waals surface area contributed by atoms with Crippen LogP contribution in [0.1, 0.15) is 33.8 Å². The molecule has 0 aliphatic carbocycles. The van der Waals surface area contributed by atoms with E-state index in [2.05, 4.69) is 27.4 Å². The van der Waals surface area contributed by atoms with Crippen LogP contribution in [0.5, 0.6) is 0 Å². The first kappa shape index (κ1) is 13.3. The van der Waals surface area contributed by atoms with Crippen molar-refractivity contribution in [2.24, 2.45) is 5.73 Å². The number of H-pyrrole nitrogens is 1. The van der Waals surface area contributed by atoms with Crippen LogP contribution in [0.25, 0.3) is 0 Å². The number of carbonyl (C=O) groups is 1. The predicted molar refractivity (Wildman–Crippen MR) is 74.7 cm³/mol. The number of rotatable bonds is 3. The molecule has 0 radical (unpaired) electrons. The molecule has 0 saturated carbocycles. The third kappa shape index (κ3) is 3.22. The minimum atomic E-state index is -0.134. The van der Waals surface area contributed by atoms with Crippen LogP contribution >= 0.6 is 11.3 Å². The smallest absolute Gasteiger partial charge is 0.263 e. The number of carbonyl (C=O) groups excluding carboxylic acids is 1. The van der Waals surface area contributed by atoms with Crippen molar-refractivity contribution in [2.75, 3.05) is 6.54 Å². The molecule has 0 fully saturated rings. The molecule has 0 aromatic carbocycles. The van der Waals surface area contributed by atoms with E-state index in [1.54, 1.807) is 12.4 Å². The normalized spacial score (nSPS) is 11.5. The van der Waals surface area contributed by atoms with Gasteiger partial charge in [0.2, 0.25) is 0 Å². The molecular formula is C13H14N4OS. The summed E-state index contributed by atoms with van der Waals surface area (Å²) in [5.41, 5.74) is 6.98. The second-order valence-electron chi connectivity index (χ2n) is 3.90. The fourth-order valence-corrected chi connectivity index (χ4v) is 2.33. The highest BCUT2D eigenvalue weighted by Gasteiger charge is 2.15. The summed E-state index contributed by atoms with van der Waals surface area (Å²) < 4.78 is 0. The summed E-state index contributed by atoms with van der Waals surface area (Å²) in [5.74, 6) is 5.52. The summed E-state index contributed by atoms with van der Waals surface area (Å²) >= 11 is 1.37. The Morgan fingerprint density at radius 3 is 3.21 bits per heavy atom. The number of aromatic nitrogens is 2. The highest BCUT2D eigenvalue weighted by molar-refractivity contribution is 7.12. The van der Waals surface area contributed by atoms with Gasteiger partial charge in [-0.2, -0.15) is 5.10 Å². The van der Waals surface area contributed by atoms with Gasteiger partial charge in [0, 0.05) is 17.3 Å². The van der Waals surface area contributed by atoms with Crippen LogP contribution in [-0.2, 0) is 0 Å². The zero-order chi connectivity index (χ0) is 13.7. The molecule has 0 spiro atoms. The van der Waals surface area contributed by atoms with Gasteiger partial charge in [0.15, 0.2) is 0 Å². The molecule has 1 atom stereocenters. The molecule has 0 aliphatic rings. The van der Waals surface area contributed by atoms with Gasteiger partial charge >= 0.3 is 0 Å². The molecule has 0 aliphatic heterocycles. The fourth-order valence-electron chi connectivity index (χ4n) is 1.57. The number of hydrogen-bond acceptors (Lipinski definition) is 4. The van der Waals surface area contributed by atoms with Crippen molar-refractivity contribution >= 4 is 17.2 Å². The van der Waals surface area contributed by atoms with Gasteiger partial charge in [0.05, 0.1) is 18.8 Å². The third-order valence-corrected chi connectivity index (χ3v) is 3.48. The Hall–Kier alpha value is -2.10. The van der Waals surface area contributed by atoms with Crippen molar-refractivity contribution in [3.05, 3.63) is 39.8 Å². The lowest BCUT2D eigenvalue weighted by molar-refractivity contribution is 0.0944. The molecule has 98 valence electrons. The minimum absolute atomic E-state index is 0.108. The van der Waals surface area contributed by atoms with E-state index in [0.29, 0.717) is 10.4 Å². The van der Waals surface area contributed by atoms with Gasteiger partial charge in [-0.1, -0.05) is 11.8 Å². The first-order chi connectivity index (χ1) is 9.22. The van der Waals surface area contributed by atoms with Crippen molar-refractivity contribution < 1.29 is 4.79 Å². The number of amides is 1. The summed E-state index contributed by atoms with van der Waals surface area (Å²) in [4.78, 5) is 12.8. The minimum Gasteiger partial charge on any atom is -0.345 e. The van der Waals surface area contributed by atoms with Crippen LogP contribution in [0.3, 0.4) is 0 Å². The average Bonchev–Trinajstić information content (AvgIpc) is 3.07. The Morgan fingerprint density at radius 2 is 2.53 bits per heavy atom. The van der Waals surface area contributed by atoms with Gasteiger partial charge in [0.1, 0.15) is 4.88 Å². The standard InChI is InChI=1S/C13H14N4OS/c1-9(11-7-15-16-8-11)17-13(18)12-10(3-2-5-14)4-6-19-12/h4,6-9H,5,14H2,1H3,(H,15,16)(H,17,18). The quantitative estimate of drug-likeness (QED) is 0.737. The Balaban J connectivity index is 2.10. The number of nitrogens with two attached hydrogens (primary N) is 1. The monoisotopic (exact) mass is 274 g/mol. The molecule has 2 heterocycles. The largest absolute Gasteiger partial charge is 0.345 e. The van der Waals surface area contributed by atoms with E-state index in [1.165, 1.54) is 11.3 Å². The first-order valence-corrected chi connectivity index (χ1v) is 6.66. The van der Waals surface area contributed by atoms with Crippen molar-refractivity contribution in [3.8, 4) is 11.8 Å². The van der Waals surface area contributed by atoms with Crippen LogP contribution in [0.2, 0.25) is 0 Å². The maximum Gasteiger partial charge on any atom is 0.263 e. The van der Waals surface area contributed by atoms with E-state index < -0.39 is 0 Å². The zero-order valence-corrected chi connectivity index (χ0v) is 11.3. The zero-order valence-electron chi connectivity index (χ0n) is 10.4. The van der Waals surface area contributed by atoms with Gasteiger partial charge in [-0.05, 0) is 18.4 Å². The van der Waals surface area contributed by atoms with E-state index in [1.807, 2.05) is 18.4 Å². The Labute approximate surface area is 115 Å². The Bertz CT molecular complexity index is 606. The van der Waals surface area contributed by atoms with Crippen LogP contribution in [0.15, 0.2) is 23.8 Å². The molecule has 1 unspecified atom stereocenters. The molecule has 6 heteroatoms. The van der Waals surface area contributed by atoms with E-state index in [0.717, 1.165) is 5.56 Å². The number of nitrogens with one attached hydrogen (secondary N) is 2. The molecule has 2 aromatic heterocycles. The molecule has 19 heavy (non-hydrogen) atoms. The van der Waals surface area contributed by atoms with Gasteiger partial charge in [-0.3, -0.25) is 9.89 Å². The predicted octanol–water partition coefficient (Wildman–Crippen LogP) is 1.27. The fraction of sp³-hybridized carbons (Fsp3) is 0.231. The van der Waals surface area contributed by atoms with Crippen LogP contribution in [-0.4, -0.2) is 22.6 Å². The van der Waals surface area contributed by atoms with E-state index >= 15 is 0 Å². The van der Waals surface area contributed by atoms with Gasteiger partial charge in [-0.15, -0.1) is 11.3 Å². The van der Waals surface area contributed by atoms with E-state index in [-0.39, 0.29) is 18.5 Å². The highest BCUT2D eigenvalue weighted by Crippen LogP contribution is 2.18. The van der Waals surface area contributed by atoms with Crippen molar-refractivity contribution in [3.63, 3.8) is 0 Å². The number of hydrogen-bond donors (Lipinski definition) is 3. The lowest BCUT2D eigenvalue weighted by Crippen LogP contribution is -2.26. The van der Waals surface area contributed by atoms with Crippen molar-refractivity contribution in [1.82, 2.24) is 15.5 Å². The Kier molecular flexibility index (Phi) is 4.34. The Morgan fingerprint density at radius 1 is 1.68 bits per heavy atom. The molecule has 4 N–H and O–H groups in total. The maximum atomic E-state index is 12.2. The highest BCUT2D eigenvalue weighted by atomic mass is 32.1. The molecule has 2 aromatic rings. The van der Waals surface area contributed by atoms with Crippen molar-refractivity contribution in [2.45, 2.75) is 13.0 Å². The van der Waals surface area contributed by atoms with Crippen LogP contribution < -0.4 is 11.1 Å². The molecular weight excluding hydrogens is 260 g/mol. The van der Waals surface area contributed by atoms with E-state index in [9.17, 15) is 4.79 Å². The topological polar surface area (TPSA) is 83.8 Å². The summed E-state index contributed by atoms with van der Waals surface area (Å²) in [5, 5.41) is 11.3. The molecule has 1 amide bonds. The lowest BCUT2D eigenvalue weighted by Gasteiger charge is -2.11. The van der Waals surface area contributed by atoms with Crippen LogP contribution in [0, 0.1) is 11.8 Å². The second-order valence-corrected chi connectivity index (χ2v) is 4.81. The van der Waals surface area contributed by atoms with Gasteiger partial charge in [0.25, 0.3) is 5.91 Å². The maximum absolute atomic E-state index is 12.2. The summed E-state index contributed by atoms with van der Waals surface area (Å²) in [6.45, 7) is 2.18. The molecule has 0 saturated heterocycles. The SMILES string of the molecule is CC(NC(=O)c1sccc1C#CCN)c1cn[nH]c1. The van der Waals surface area contributed by atoms with Crippen LogP contribution in [0.4, 0.5) is 0 Å². The third-order valence-electron chi connectivity index (χ3n) is 2.56. The first-order valence-electron chi connectivity index (χ1n) is 5.78. The second kappa shape index (κ2) is 6.18. The molecule has 0 bridgehead atoms. The van der Waals surface area contributed by atoms with Gasteiger partial charge in [-0.25, -0.2) is 0 Å². The number of thiophene rings is 1. The van der Waals surface area contributed by atoms with Gasteiger partial charge < -0.3 is 11.1 Å². The number of nitrogens with zero attached hydrogens (tertiary/aromatic N) is 1. The molecule has 2 rings (SSSR count). The van der Waals surface area contributed by atoms with E-state index in [4.69, 9.17) is 5.73 Å². The average molecular weight is 274 g/mol. The summed E-state index contributed by atoms with van der Waals surface area (Å²) in [6.07, 6.45) is 3.45. The summed E-state index contributed by atoms with van der Waals surface area (Å²) in [6, 6.07) is 1.72. The number of aromatic amines is 1. The van der Waals surface area contributed by atoms with Crippen molar-refractivity contribution in [1.29, 1.82) is 0 Å².